The van der Waals surface area contributed by atoms with Gasteiger partial charge in [-0.05, 0) is 12.8 Å². The normalized spacial score (nSPS) is 8.13. The molecule has 4 heteroatoms. The van der Waals surface area contributed by atoms with Crippen LogP contribution in [0.1, 0.15) is 47.5 Å². The zero-order valence-electron chi connectivity index (χ0n) is 8.35. The molecule has 0 aliphatic carbocycles. The Hall–Kier alpha value is -1.06. The average molecular weight is 218 g/mol. The molecule has 92 valence electrons. The molecule has 0 unspecified atom stereocenters. The zero-order chi connectivity index (χ0) is 10.1. The van der Waals surface area contributed by atoms with Gasteiger partial charge >= 0.3 is 0 Å². The van der Waals surface area contributed by atoms with Crippen molar-refractivity contribution >= 4 is 11.8 Å². The fourth-order valence-electron chi connectivity index (χ4n) is 0.977. The van der Waals surface area contributed by atoms with Gasteiger partial charge in [-0.2, -0.15) is 0 Å². The molecule has 0 atom stereocenters. The molecule has 0 bridgehead atoms. The second-order valence-electron chi connectivity index (χ2n) is 2.97. The van der Waals surface area contributed by atoms with Crippen LogP contribution in [-0.4, -0.2) is 25.4 Å². The molecule has 4 nitrogen and oxygen atoms in total. The number of carbonyl (C=O) groups is 2. The highest BCUT2D eigenvalue weighted by molar-refractivity contribution is 5.75. The van der Waals surface area contributed by atoms with E-state index in [4.69, 9.17) is 0 Å². The Morgan fingerprint density at radius 1 is 1.07 bits per heavy atom. The number of carbonyl (C=O) groups excluding carboxylic acids is 2. The van der Waals surface area contributed by atoms with Gasteiger partial charge in [-0.1, -0.05) is 21.3 Å². The second kappa shape index (κ2) is 12.9. The lowest BCUT2D eigenvalue weighted by molar-refractivity contribution is -0.121. The third-order valence-electron chi connectivity index (χ3n) is 1.73. The molecule has 0 saturated carbocycles. The molecule has 0 fully saturated rings. The lowest BCUT2D eigenvalue weighted by Crippen LogP contribution is -2.21. The van der Waals surface area contributed by atoms with Crippen LogP contribution in [0, 0.1) is 0 Å². The minimum absolute atomic E-state index is 0. The number of amides is 2. The van der Waals surface area contributed by atoms with Gasteiger partial charge < -0.3 is 10.6 Å². The molecule has 0 saturated heterocycles. The van der Waals surface area contributed by atoms with Gasteiger partial charge in [-0.3, -0.25) is 9.59 Å². The zero-order valence-corrected chi connectivity index (χ0v) is 8.35. The monoisotopic (exact) mass is 218 g/mol. The third-order valence-corrected chi connectivity index (χ3v) is 1.73. The smallest absolute Gasteiger partial charge is 0.219 e. The van der Waals surface area contributed by atoms with Crippen LogP contribution in [0.25, 0.3) is 0 Å². The van der Waals surface area contributed by atoms with Crippen molar-refractivity contribution in [1.29, 1.82) is 0 Å². The summed E-state index contributed by atoms with van der Waals surface area (Å²) in [4.78, 5) is 21.2. The predicted molar refractivity (Wildman–Crippen MR) is 64.7 cm³/mol. The van der Waals surface area contributed by atoms with Crippen LogP contribution < -0.4 is 10.6 Å². The highest BCUT2D eigenvalue weighted by Gasteiger charge is 1.97. The summed E-state index contributed by atoms with van der Waals surface area (Å²) in [7, 11) is 1.64. The summed E-state index contributed by atoms with van der Waals surface area (Å²) < 4.78 is 0. The summed E-state index contributed by atoms with van der Waals surface area (Å²) >= 11 is 0. The van der Waals surface area contributed by atoms with Gasteiger partial charge in [0.2, 0.25) is 11.8 Å². The van der Waals surface area contributed by atoms with Crippen molar-refractivity contribution in [1.82, 2.24) is 10.6 Å². The van der Waals surface area contributed by atoms with Crippen molar-refractivity contribution in [3.63, 3.8) is 0 Å². The van der Waals surface area contributed by atoms with Crippen LogP contribution in [0.4, 0.5) is 0 Å². The largest absolute Gasteiger partial charge is 0.359 e. The SMILES string of the molecule is C.C.CNC(=O)CCCCCNC(C)=O. The van der Waals surface area contributed by atoms with Gasteiger partial charge in [-0.25, -0.2) is 0 Å². The highest BCUT2D eigenvalue weighted by Crippen LogP contribution is 1.98. The van der Waals surface area contributed by atoms with E-state index in [1.54, 1.807) is 7.05 Å². The Labute approximate surface area is 93.8 Å². The predicted octanol–water partition coefficient (Wildman–Crippen LogP) is 1.70. The standard InChI is InChI=1S/C9H18N2O2.2CH4/c1-8(12)11-7-5-3-4-6-9(13)10-2;;/h3-7H2,1-2H3,(H,10,13)(H,11,12);2*1H4. The third kappa shape index (κ3) is 15.7. The molecule has 2 N–H and O–H groups in total. The molecule has 2 amide bonds. The molecule has 0 aromatic rings. The second-order valence-corrected chi connectivity index (χ2v) is 2.97. The Kier molecular flexibility index (Phi) is 16.8. The number of unbranched alkanes of at least 4 members (excludes halogenated alkanes) is 2. The van der Waals surface area contributed by atoms with Gasteiger partial charge in [0.1, 0.15) is 0 Å². The summed E-state index contributed by atoms with van der Waals surface area (Å²) in [5, 5.41) is 5.27. The van der Waals surface area contributed by atoms with Crippen molar-refractivity contribution in [2.45, 2.75) is 47.5 Å². The van der Waals surface area contributed by atoms with Crippen molar-refractivity contribution < 1.29 is 9.59 Å². The lowest BCUT2D eigenvalue weighted by Gasteiger charge is -2.01. The van der Waals surface area contributed by atoms with Crippen molar-refractivity contribution in [2.75, 3.05) is 13.6 Å². The van der Waals surface area contributed by atoms with Crippen LogP contribution >= 0.6 is 0 Å². The Morgan fingerprint density at radius 2 is 1.67 bits per heavy atom. The van der Waals surface area contributed by atoms with E-state index in [9.17, 15) is 9.59 Å². The van der Waals surface area contributed by atoms with Crippen LogP contribution in [0.5, 0.6) is 0 Å². The van der Waals surface area contributed by atoms with E-state index in [0.29, 0.717) is 13.0 Å². The molecule has 15 heavy (non-hydrogen) atoms. The van der Waals surface area contributed by atoms with Gasteiger partial charge in [0.25, 0.3) is 0 Å². The summed E-state index contributed by atoms with van der Waals surface area (Å²) in [5.41, 5.74) is 0. The van der Waals surface area contributed by atoms with Crippen LogP contribution in [0.3, 0.4) is 0 Å². The van der Waals surface area contributed by atoms with Crippen LogP contribution in [0.2, 0.25) is 0 Å². The van der Waals surface area contributed by atoms with Gasteiger partial charge in [0.05, 0.1) is 0 Å². The van der Waals surface area contributed by atoms with E-state index in [-0.39, 0.29) is 26.7 Å². The van der Waals surface area contributed by atoms with Gasteiger partial charge in [-0.15, -0.1) is 0 Å². The fraction of sp³-hybridized carbons (Fsp3) is 0.818. The average Bonchev–Trinajstić information content (AvgIpc) is 2.10. The molecular formula is C11H26N2O2. The van der Waals surface area contributed by atoms with E-state index >= 15 is 0 Å². The molecule has 0 rings (SSSR count). The topological polar surface area (TPSA) is 58.2 Å². The molecule has 0 aromatic carbocycles. The molecule has 0 aromatic heterocycles. The first-order valence-electron chi connectivity index (χ1n) is 4.62. The Bertz CT molecular complexity index is 170. The van der Waals surface area contributed by atoms with E-state index in [1.807, 2.05) is 0 Å². The van der Waals surface area contributed by atoms with E-state index in [1.165, 1.54) is 6.92 Å². The first-order chi connectivity index (χ1) is 6.16. The number of nitrogens with one attached hydrogen (secondary N) is 2. The van der Waals surface area contributed by atoms with Gasteiger partial charge in [0, 0.05) is 26.9 Å². The molecule has 0 radical (unpaired) electrons. The number of hydrogen-bond donors (Lipinski definition) is 2. The van der Waals surface area contributed by atoms with Gasteiger partial charge in [0.15, 0.2) is 0 Å². The number of hydrogen-bond acceptors (Lipinski definition) is 2. The maximum atomic E-state index is 10.8. The Balaban J connectivity index is -0.000000720. The molecular weight excluding hydrogens is 192 g/mol. The molecule has 0 aliphatic rings. The summed E-state index contributed by atoms with van der Waals surface area (Å²) in [6, 6.07) is 0. The molecule has 0 heterocycles. The lowest BCUT2D eigenvalue weighted by atomic mass is 10.2. The maximum absolute atomic E-state index is 10.8. The molecule has 0 aliphatic heterocycles. The van der Waals surface area contributed by atoms with Crippen LogP contribution in [0.15, 0.2) is 0 Å². The van der Waals surface area contributed by atoms with Crippen molar-refractivity contribution in [3.8, 4) is 0 Å². The van der Waals surface area contributed by atoms with Crippen LogP contribution in [-0.2, 0) is 9.59 Å². The number of rotatable bonds is 6. The van der Waals surface area contributed by atoms with E-state index in [2.05, 4.69) is 10.6 Å². The van der Waals surface area contributed by atoms with Crippen molar-refractivity contribution in [2.24, 2.45) is 0 Å². The molecule has 0 spiro atoms. The first kappa shape index (κ1) is 19.5. The summed E-state index contributed by atoms with van der Waals surface area (Å²) in [6.07, 6.45) is 3.39. The van der Waals surface area contributed by atoms with E-state index < -0.39 is 0 Å². The fourth-order valence-corrected chi connectivity index (χ4v) is 0.977. The summed E-state index contributed by atoms with van der Waals surface area (Å²) in [5.74, 6) is 0.0887. The Morgan fingerprint density at radius 3 is 2.13 bits per heavy atom. The van der Waals surface area contributed by atoms with Crippen molar-refractivity contribution in [3.05, 3.63) is 0 Å². The highest BCUT2D eigenvalue weighted by atomic mass is 16.2. The first-order valence-corrected chi connectivity index (χ1v) is 4.62. The van der Waals surface area contributed by atoms with E-state index in [0.717, 1.165) is 19.3 Å². The minimum Gasteiger partial charge on any atom is -0.359 e. The summed E-state index contributed by atoms with van der Waals surface area (Å²) in [6.45, 7) is 2.22. The maximum Gasteiger partial charge on any atom is 0.219 e. The quantitative estimate of drug-likeness (QED) is 0.667. The minimum atomic E-state index is 0.